The number of carbonyl (C=O) groups is 1. The summed E-state index contributed by atoms with van der Waals surface area (Å²) in [4.78, 5) is 13.2. The zero-order valence-corrected chi connectivity index (χ0v) is 18.0. The van der Waals surface area contributed by atoms with Gasteiger partial charge in [-0.2, -0.15) is 10.2 Å². The van der Waals surface area contributed by atoms with E-state index in [4.69, 9.17) is 22.1 Å². The number of aromatic nitrogens is 5. The molecule has 0 aliphatic carbocycles. The Bertz CT molecular complexity index is 1260. The molecular weight excluding hydrogens is 412 g/mol. The first-order valence-electron chi connectivity index (χ1n) is 9.83. The third-order valence-corrected chi connectivity index (χ3v) is 5.21. The highest BCUT2D eigenvalue weighted by atomic mass is 32.1. The molecule has 0 fully saturated rings. The van der Waals surface area contributed by atoms with Crippen LogP contribution >= 0.6 is 12.2 Å². The number of ether oxygens (including phenoxy) is 1. The van der Waals surface area contributed by atoms with E-state index in [1.807, 2.05) is 66.1 Å². The Morgan fingerprint density at radius 3 is 2.65 bits per heavy atom. The van der Waals surface area contributed by atoms with Crippen LogP contribution in [0.25, 0.3) is 16.9 Å². The molecule has 0 saturated heterocycles. The molecule has 0 bridgehead atoms. The van der Waals surface area contributed by atoms with Gasteiger partial charge in [0.1, 0.15) is 11.4 Å². The number of nitrogens with one attached hydrogen (secondary N) is 2. The lowest BCUT2D eigenvalue weighted by Gasteiger charge is -2.09. The largest absolute Gasteiger partial charge is 0.496 e. The molecule has 8 nitrogen and oxygen atoms in total. The summed E-state index contributed by atoms with van der Waals surface area (Å²) >= 11 is 5.22. The van der Waals surface area contributed by atoms with Crippen LogP contribution in [-0.4, -0.2) is 37.6 Å². The van der Waals surface area contributed by atoms with Crippen LogP contribution in [0.4, 0.5) is 0 Å². The van der Waals surface area contributed by atoms with E-state index in [1.54, 1.807) is 18.0 Å². The summed E-state index contributed by atoms with van der Waals surface area (Å²) in [6.45, 7) is 2.88. The molecule has 0 saturated carbocycles. The summed E-state index contributed by atoms with van der Waals surface area (Å²) in [6, 6.07) is 17.1. The monoisotopic (exact) mass is 434 g/mol. The Kier molecular flexibility index (Phi) is 5.94. The SMILES string of the molecule is CCn1c(CNC(=O)c2cn(-c3ccccc3)nc2-c2ccccc2OC)n[nH]c1=S. The van der Waals surface area contributed by atoms with Crippen LogP contribution in [0.5, 0.6) is 5.75 Å². The van der Waals surface area contributed by atoms with Crippen molar-refractivity contribution < 1.29 is 9.53 Å². The van der Waals surface area contributed by atoms with Crippen LogP contribution in [0.3, 0.4) is 0 Å². The van der Waals surface area contributed by atoms with Gasteiger partial charge in [-0.3, -0.25) is 9.89 Å². The average Bonchev–Trinajstić information content (AvgIpc) is 3.41. The minimum Gasteiger partial charge on any atom is -0.496 e. The molecule has 0 aliphatic heterocycles. The zero-order valence-electron chi connectivity index (χ0n) is 17.2. The average molecular weight is 435 g/mol. The molecule has 0 spiro atoms. The number of nitrogens with zero attached hydrogens (tertiary/aromatic N) is 4. The van der Waals surface area contributed by atoms with Gasteiger partial charge >= 0.3 is 0 Å². The van der Waals surface area contributed by atoms with Gasteiger partial charge in [-0.15, -0.1) is 0 Å². The van der Waals surface area contributed by atoms with E-state index in [9.17, 15) is 4.79 Å². The summed E-state index contributed by atoms with van der Waals surface area (Å²) in [5.41, 5.74) is 2.56. The van der Waals surface area contributed by atoms with Crippen molar-refractivity contribution in [1.82, 2.24) is 29.9 Å². The number of H-pyrrole nitrogens is 1. The second-order valence-electron chi connectivity index (χ2n) is 6.74. The van der Waals surface area contributed by atoms with Gasteiger partial charge in [-0.25, -0.2) is 4.68 Å². The molecule has 2 aromatic carbocycles. The predicted molar refractivity (Wildman–Crippen MR) is 120 cm³/mol. The van der Waals surface area contributed by atoms with Gasteiger partial charge in [0.05, 0.1) is 24.9 Å². The molecule has 4 rings (SSSR count). The fourth-order valence-corrected chi connectivity index (χ4v) is 3.64. The Hall–Kier alpha value is -3.72. The van der Waals surface area contributed by atoms with E-state index >= 15 is 0 Å². The molecular formula is C22H22N6O2S. The third kappa shape index (κ3) is 4.13. The minimum absolute atomic E-state index is 0.238. The predicted octanol–water partition coefficient (Wildman–Crippen LogP) is 3.75. The van der Waals surface area contributed by atoms with Crippen LogP contribution in [0, 0.1) is 4.77 Å². The van der Waals surface area contributed by atoms with Crippen LogP contribution in [0.15, 0.2) is 60.8 Å². The van der Waals surface area contributed by atoms with E-state index in [-0.39, 0.29) is 12.5 Å². The van der Waals surface area contributed by atoms with Crippen molar-refractivity contribution in [1.29, 1.82) is 0 Å². The molecule has 31 heavy (non-hydrogen) atoms. The maximum absolute atomic E-state index is 13.2. The molecule has 4 aromatic rings. The number of benzene rings is 2. The van der Waals surface area contributed by atoms with Gasteiger partial charge in [-0.05, 0) is 43.4 Å². The topological polar surface area (TPSA) is 89.8 Å². The number of rotatable bonds is 7. The molecule has 9 heteroatoms. The number of hydrogen-bond acceptors (Lipinski definition) is 5. The standard InChI is InChI=1S/C22H22N6O2S/c1-3-27-19(24-25-22(27)31)13-23-21(29)17-14-28(15-9-5-4-6-10-15)26-20(17)16-11-7-8-12-18(16)30-2/h4-12,14H,3,13H2,1-2H3,(H,23,29)(H,25,31). The molecule has 0 atom stereocenters. The van der Waals surface area contributed by atoms with Gasteiger partial charge in [0.25, 0.3) is 5.91 Å². The summed E-state index contributed by atoms with van der Waals surface area (Å²) in [5.74, 6) is 1.04. The summed E-state index contributed by atoms with van der Waals surface area (Å²) < 4.78 is 9.56. The fourth-order valence-electron chi connectivity index (χ4n) is 3.36. The number of carbonyl (C=O) groups excluding carboxylic acids is 1. The van der Waals surface area contributed by atoms with Gasteiger partial charge in [-0.1, -0.05) is 30.3 Å². The van der Waals surface area contributed by atoms with Gasteiger partial charge in [0, 0.05) is 18.3 Å². The Balaban J connectivity index is 1.72. The maximum Gasteiger partial charge on any atom is 0.255 e. The van der Waals surface area contributed by atoms with E-state index < -0.39 is 0 Å². The van der Waals surface area contributed by atoms with Crippen LogP contribution in [0.1, 0.15) is 23.1 Å². The summed E-state index contributed by atoms with van der Waals surface area (Å²) in [7, 11) is 1.60. The number of para-hydroxylation sites is 2. The fraction of sp³-hybridized carbons (Fsp3) is 0.182. The lowest BCUT2D eigenvalue weighted by atomic mass is 10.1. The van der Waals surface area contributed by atoms with Crippen molar-refractivity contribution in [3.05, 3.63) is 77.0 Å². The second kappa shape index (κ2) is 8.97. The third-order valence-electron chi connectivity index (χ3n) is 4.90. The summed E-state index contributed by atoms with van der Waals surface area (Å²) in [6.07, 6.45) is 1.73. The van der Waals surface area contributed by atoms with E-state index in [2.05, 4.69) is 15.5 Å². The number of hydrogen-bond donors (Lipinski definition) is 2. The highest BCUT2D eigenvalue weighted by Crippen LogP contribution is 2.31. The lowest BCUT2D eigenvalue weighted by Crippen LogP contribution is -2.25. The van der Waals surface area contributed by atoms with Crippen molar-refractivity contribution in [2.45, 2.75) is 20.0 Å². The van der Waals surface area contributed by atoms with E-state index in [0.717, 1.165) is 11.3 Å². The molecule has 2 heterocycles. The van der Waals surface area contributed by atoms with Crippen molar-refractivity contribution in [3.8, 4) is 22.7 Å². The molecule has 0 unspecified atom stereocenters. The maximum atomic E-state index is 13.2. The van der Waals surface area contributed by atoms with Gasteiger partial charge < -0.3 is 14.6 Å². The van der Waals surface area contributed by atoms with Crippen molar-refractivity contribution in [3.63, 3.8) is 0 Å². The van der Waals surface area contributed by atoms with Crippen molar-refractivity contribution in [2.24, 2.45) is 0 Å². The van der Waals surface area contributed by atoms with Gasteiger partial charge in [0.2, 0.25) is 0 Å². The smallest absolute Gasteiger partial charge is 0.255 e. The van der Waals surface area contributed by atoms with Crippen molar-refractivity contribution in [2.75, 3.05) is 7.11 Å². The first-order valence-corrected chi connectivity index (χ1v) is 10.2. The Labute approximate surface area is 184 Å². The Morgan fingerprint density at radius 1 is 1.16 bits per heavy atom. The van der Waals surface area contributed by atoms with Crippen molar-refractivity contribution >= 4 is 18.1 Å². The molecule has 158 valence electrons. The molecule has 0 aliphatic rings. The number of amides is 1. The summed E-state index contributed by atoms with van der Waals surface area (Å²) in [5, 5.41) is 14.6. The number of aromatic amines is 1. The first-order chi connectivity index (χ1) is 15.1. The zero-order chi connectivity index (χ0) is 21.8. The highest BCUT2D eigenvalue weighted by molar-refractivity contribution is 7.71. The first kappa shape index (κ1) is 20.5. The van der Waals surface area contributed by atoms with Gasteiger partial charge in [0.15, 0.2) is 10.6 Å². The van der Waals surface area contributed by atoms with Crippen LogP contribution in [0.2, 0.25) is 0 Å². The van der Waals surface area contributed by atoms with E-state index in [0.29, 0.717) is 34.1 Å². The second-order valence-corrected chi connectivity index (χ2v) is 7.13. The highest BCUT2D eigenvalue weighted by Gasteiger charge is 2.21. The quantitative estimate of drug-likeness (QED) is 0.433. The van der Waals surface area contributed by atoms with Crippen LogP contribution < -0.4 is 10.1 Å². The number of methoxy groups -OCH3 is 1. The van der Waals surface area contributed by atoms with Crippen LogP contribution in [-0.2, 0) is 13.1 Å². The molecule has 2 aromatic heterocycles. The minimum atomic E-state index is -0.264. The molecule has 0 radical (unpaired) electrons. The molecule has 2 N–H and O–H groups in total. The molecule has 1 amide bonds. The normalized spacial score (nSPS) is 10.8. The van der Waals surface area contributed by atoms with E-state index in [1.165, 1.54) is 0 Å². The lowest BCUT2D eigenvalue weighted by molar-refractivity contribution is 0.0950. The Morgan fingerprint density at radius 2 is 1.90 bits per heavy atom.